The van der Waals surface area contributed by atoms with Crippen molar-refractivity contribution >= 4 is 5.91 Å². The molecule has 0 saturated heterocycles. The van der Waals surface area contributed by atoms with Crippen molar-refractivity contribution in [3.8, 4) is 11.1 Å². The molecular weight excluding hydrogens is 316 g/mol. The molecular formula is C17H12F2N3O2. The second-order valence-corrected chi connectivity index (χ2v) is 5.05. The lowest BCUT2D eigenvalue weighted by atomic mass is 10.0. The highest BCUT2D eigenvalue weighted by Gasteiger charge is 2.11. The van der Waals surface area contributed by atoms with E-state index >= 15 is 0 Å². The van der Waals surface area contributed by atoms with Crippen LogP contribution in [-0.2, 0) is 6.42 Å². The Kier molecular flexibility index (Phi) is 4.33. The first-order chi connectivity index (χ1) is 11.5. The van der Waals surface area contributed by atoms with Crippen LogP contribution in [0, 0.1) is 18.1 Å². The third kappa shape index (κ3) is 3.45. The topological polar surface area (TPSA) is 82.0 Å². The van der Waals surface area contributed by atoms with E-state index in [9.17, 15) is 13.6 Å². The first-order valence-electron chi connectivity index (χ1n) is 7.04. The Morgan fingerprint density at radius 3 is 2.42 bits per heavy atom. The van der Waals surface area contributed by atoms with Crippen LogP contribution in [0.1, 0.15) is 22.1 Å². The SMILES string of the molecule is NC(=O)c1noc([CH]Cc2ccc(-c3ccc(F)c(F)c3)cc2)n1. The van der Waals surface area contributed by atoms with Crippen molar-refractivity contribution in [3.63, 3.8) is 0 Å². The summed E-state index contributed by atoms with van der Waals surface area (Å²) in [6, 6.07) is 11.1. The van der Waals surface area contributed by atoms with E-state index in [0.29, 0.717) is 12.0 Å². The molecule has 1 amide bonds. The summed E-state index contributed by atoms with van der Waals surface area (Å²) in [6.45, 7) is 0. The molecule has 0 unspecified atom stereocenters. The number of amides is 1. The second-order valence-electron chi connectivity index (χ2n) is 5.05. The molecule has 7 heteroatoms. The zero-order valence-electron chi connectivity index (χ0n) is 12.4. The number of carbonyl (C=O) groups is 1. The number of benzene rings is 2. The minimum atomic E-state index is -0.883. The average Bonchev–Trinajstić information content (AvgIpc) is 3.05. The molecule has 2 aromatic carbocycles. The molecule has 0 saturated carbocycles. The lowest BCUT2D eigenvalue weighted by Crippen LogP contribution is -2.12. The highest BCUT2D eigenvalue weighted by atomic mass is 19.2. The van der Waals surface area contributed by atoms with Crippen molar-refractivity contribution < 1.29 is 18.1 Å². The maximum atomic E-state index is 13.3. The number of hydrogen-bond donors (Lipinski definition) is 1. The predicted molar refractivity (Wildman–Crippen MR) is 81.7 cm³/mol. The van der Waals surface area contributed by atoms with Crippen molar-refractivity contribution in [3.05, 3.63) is 77.8 Å². The molecule has 1 radical (unpaired) electrons. The number of nitrogens with zero attached hydrogens (tertiary/aromatic N) is 2. The molecule has 1 heterocycles. The van der Waals surface area contributed by atoms with Gasteiger partial charge in [0.05, 0.1) is 6.42 Å². The van der Waals surface area contributed by atoms with E-state index in [1.165, 1.54) is 6.07 Å². The van der Waals surface area contributed by atoms with Crippen LogP contribution in [0.5, 0.6) is 0 Å². The largest absolute Gasteiger partial charge is 0.363 e. The van der Waals surface area contributed by atoms with E-state index in [1.807, 2.05) is 12.1 Å². The molecule has 1 aromatic heterocycles. The summed E-state index contributed by atoms with van der Waals surface area (Å²) in [5, 5.41) is 3.44. The molecule has 0 aliphatic rings. The van der Waals surface area contributed by atoms with Crippen molar-refractivity contribution in [2.24, 2.45) is 5.73 Å². The van der Waals surface area contributed by atoms with Crippen LogP contribution in [0.2, 0.25) is 0 Å². The molecule has 2 N–H and O–H groups in total. The number of nitrogens with two attached hydrogens (primary N) is 1. The smallest absolute Gasteiger partial charge is 0.290 e. The molecule has 0 spiro atoms. The maximum Gasteiger partial charge on any atom is 0.290 e. The van der Waals surface area contributed by atoms with Crippen LogP contribution < -0.4 is 5.73 Å². The lowest BCUT2D eigenvalue weighted by molar-refractivity contribution is 0.0987. The number of halogens is 2. The minimum Gasteiger partial charge on any atom is -0.363 e. The van der Waals surface area contributed by atoms with Gasteiger partial charge < -0.3 is 10.3 Å². The van der Waals surface area contributed by atoms with Gasteiger partial charge in [-0.25, -0.2) is 8.78 Å². The summed E-state index contributed by atoms with van der Waals surface area (Å²) >= 11 is 0. The summed E-state index contributed by atoms with van der Waals surface area (Å²) in [4.78, 5) is 14.7. The number of primary amides is 1. The summed E-state index contributed by atoms with van der Waals surface area (Å²) in [5.74, 6) is -2.48. The van der Waals surface area contributed by atoms with Crippen LogP contribution >= 0.6 is 0 Å². The molecule has 24 heavy (non-hydrogen) atoms. The van der Waals surface area contributed by atoms with E-state index in [1.54, 1.807) is 18.6 Å². The van der Waals surface area contributed by atoms with Gasteiger partial charge in [-0.05, 0) is 35.2 Å². The normalized spacial score (nSPS) is 10.8. The van der Waals surface area contributed by atoms with Crippen molar-refractivity contribution in [1.82, 2.24) is 10.1 Å². The van der Waals surface area contributed by atoms with Crippen molar-refractivity contribution in [2.75, 3.05) is 0 Å². The van der Waals surface area contributed by atoms with Gasteiger partial charge in [0.15, 0.2) is 11.6 Å². The molecule has 0 bridgehead atoms. The van der Waals surface area contributed by atoms with Crippen molar-refractivity contribution in [2.45, 2.75) is 6.42 Å². The third-order valence-electron chi connectivity index (χ3n) is 3.38. The molecule has 0 aliphatic heterocycles. The Morgan fingerprint density at radius 1 is 1.08 bits per heavy atom. The van der Waals surface area contributed by atoms with Crippen LogP contribution in [0.3, 0.4) is 0 Å². The second kappa shape index (κ2) is 6.57. The third-order valence-corrected chi connectivity index (χ3v) is 3.38. The van der Waals surface area contributed by atoms with Gasteiger partial charge in [-0.15, -0.1) is 0 Å². The predicted octanol–water partition coefficient (Wildman–Crippen LogP) is 2.91. The Balaban J connectivity index is 1.67. The Labute approximate surface area is 136 Å². The Bertz CT molecular complexity index is 876. The van der Waals surface area contributed by atoms with Gasteiger partial charge in [0.1, 0.15) is 0 Å². The molecule has 121 valence electrons. The van der Waals surface area contributed by atoms with E-state index in [-0.39, 0.29) is 11.7 Å². The highest BCUT2D eigenvalue weighted by Crippen LogP contribution is 2.22. The average molecular weight is 328 g/mol. The standard InChI is InChI=1S/C17H12F2N3O2/c18-13-7-6-12(9-14(13)19)11-4-1-10(2-5-11)3-8-15-21-17(16(20)23)22-24-15/h1-2,4-9H,3H2,(H2,20,23). The number of hydrogen-bond acceptors (Lipinski definition) is 4. The maximum absolute atomic E-state index is 13.3. The fraction of sp³-hybridized carbons (Fsp3) is 0.0588. The molecule has 3 rings (SSSR count). The first kappa shape index (κ1) is 15.8. The summed E-state index contributed by atoms with van der Waals surface area (Å²) in [6.07, 6.45) is 2.16. The molecule has 0 fully saturated rings. The quantitative estimate of drug-likeness (QED) is 0.781. The summed E-state index contributed by atoms with van der Waals surface area (Å²) in [5.41, 5.74) is 7.34. The fourth-order valence-electron chi connectivity index (χ4n) is 2.13. The van der Waals surface area contributed by atoms with E-state index in [4.69, 9.17) is 10.3 Å². The minimum absolute atomic E-state index is 0.171. The number of carbonyl (C=O) groups excluding carboxylic acids is 1. The van der Waals surface area contributed by atoms with Crippen LogP contribution in [0.4, 0.5) is 8.78 Å². The van der Waals surface area contributed by atoms with Gasteiger partial charge in [0, 0.05) is 0 Å². The summed E-state index contributed by atoms with van der Waals surface area (Å²) < 4.78 is 31.1. The van der Waals surface area contributed by atoms with Gasteiger partial charge in [0.25, 0.3) is 11.7 Å². The fourth-order valence-corrected chi connectivity index (χ4v) is 2.13. The lowest BCUT2D eigenvalue weighted by Gasteiger charge is -2.04. The highest BCUT2D eigenvalue weighted by molar-refractivity contribution is 5.88. The molecule has 0 atom stereocenters. The Morgan fingerprint density at radius 2 is 1.79 bits per heavy atom. The Hall–Kier alpha value is -3.09. The molecule has 5 nitrogen and oxygen atoms in total. The van der Waals surface area contributed by atoms with Crippen LogP contribution in [0.25, 0.3) is 11.1 Å². The van der Waals surface area contributed by atoms with Crippen LogP contribution in [-0.4, -0.2) is 16.0 Å². The monoisotopic (exact) mass is 328 g/mol. The van der Waals surface area contributed by atoms with Gasteiger partial charge >= 0.3 is 0 Å². The van der Waals surface area contributed by atoms with Gasteiger partial charge in [-0.1, -0.05) is 35.5 Å². The first-order valence-corrected chi connectivity index (χ1v) is 7.04. The van der Waals surface area contributed by atoms with E-state index < -0.39 is 17.5 Å². The van der Waals surface area contributed by atoms with Gasteiger partial charge in [-0.3, -0.25) is 4.79 Å². The van der Waals surface area contributed by atoms with E-state index in [2.05, 4.69) is 10.1 Å². The number of rotatable bonds is 5. The molecule has 0 aliphatic carbocycles. The van der Waals surface area contributed by atoms with E-state index in [0.717, 1.165) is 23.3 Å². The van der Waals surface area contributed by atoms with Crippen molar-refractivity contribution in [1.29, 1.82) is 0 Å². The van der Waals surface area contributed by atoms with Crippen LogP contribution in [0.15, 0.2) is 47.0 Å². The molecule has 3 aromatic rings. The zero-order chi connectivity index (χ0) is 17.1. The zero-order valence-corrected chi connectivity index (χ0v) is 12.4. The number of aromatic nitrogens is 2. The summed E-state index contributed by atoms with van der Waals surface area (Å²) in [7, 11) is 0. The van der Waals surface area contributed by atoms with Gasteiger partial charge in [-0.2, -0.15) is 4.98 Å². The van der Waals surface area contributed by atoms with Gasteiger partial charge in [0.2, 0.25) is 5.89 Å².